The number of nitrogens with one attached hydrogen (secondary N) is 1. The summed E-state index contributed by atoms with van der Waals surface area (Å²) in [4.78, 5) is 26.9. The molecule has 2 aliphatic heterocycles. The molecule has 4 rings (SSSR count). The molecule has 1 aromatic heterocycles. The standard InChI is InChI=1S/C20H27N5O2/c26-19(14-16-6-2-1-3-7-16)21-17-9-11-23(15-17)12-13-25-20(27)24-10-5-4-8-18(24)22-25/h1-3,6-7,17H,4-5,8-15H2,(H,21,26). The van der Waals surface area contributed by atoms with E-state index in [1.807, 2.05) is 34.9 Å². The molecule has 0 saturated carbocycles. The van der Waals surface area contributed by atoms with Crippen molar-refractivity contribution in [2.24, 2.45) is 0 Å². The van der Waals surface area contributed by atoms with Crippen LogP contribution in [-0.2, 0) is 30.7 Å². The van der Waals surface area contributed by atoms with Crippen molar-refractivity contribution in [3.05, 3.63) is 52.2 Å². The maximum absolute atomic E-state index is 12.4. The lowest BCUT2D eigenvalue weighted by atomic mass is 10.1. The number of aromatic nitrogens is 3. The number of nitrogens with zero attached hydrogens (tertiary/aromatic N) is 4. The second kappa shape index (κ2) is 8.08. The molecule has 1 fully saturated rings. The average molecular weight is 369 g/mol. The molecule has 1 unspecified atom stereocenters. The molecule has 1 N–H and O–H groups in total. The molecule has 0 bridgehead atoms. The van der Waals surface area contributed by atoms with Gasteiger partial charge < -0.3 is 5.32 Å². The van der Waals surface area contributed by atoms with Gasteiger partial charge in [0.05, 0.1) is 13.0 Å². The van der Waals surface area contributed by atoms with E-state index in [-0.39, 0.29) is 17.6 Å². The Labute approximate surface area is 159 Å². The van der Waals surface area contributed by atoms with Gasteiger partial charge in [-0.05, 0) is 24.8 Å². The first-order valence-electron chi connectivity index (χ1n) is 9.91. The highest BCUT2D eigenvalue weighted by Gasteiger charge is 2.24. The number of likely N-dealkylation sites (tertiary alicyclic amines) is 1. The van der Waals surface area contributed by atoms with E-state index in [1.54, 1.807) is 4.68 Å². The van der Waals surface area contributed by atoms with Gasteiger partial charge in [0.25, 0.3) is 0 Å². The Hall–Kier alpha value is -2.41. The van der Waals surface area contributed by atoms with E-state index in [9.17, 15) is 9.59 Å². The van der Waals surface area contributed by atoms with Gasteiger partial charge in [-0.15, -0.1) is 0 Å². The van der Waals surface area contributed by atoms with Crippen LogP contribution < -0.4 is 11.0 Å². The molecule has 2 aliphatic rings. The van der Waals surface area contributed by atoms with E-state index >= 15 is 0 Å². The first-order chi connectivity index (χ1) is 13.2. The van der Waals surface area contributed by atoms with Gasteiger partial charge in [-0.3, -0.25) is 14.3 Å². The molecular weight excluding hydrogens is 342 g/mol. The highest BCUT2D eigenvalue weighted by Crippen LogP contribution is 2.11. The van der Waals surface area contributed by atoms with Gasteiger partial charge in [-0.2, -0.15) is 5.10 Å². The van der Waals surface area contributed by atoms with Gasteiger partial charge in [-0.1, -0.05) is 30.3 Å². The molecule has 1 saturated heterocycles. The number of hydrogen-bond donors (Lipinski definition) is 1. The normalized spacial score (nSPS) is 19.8. The molecule has 1 aromatic carbocycles. The summed E-state index contributed by atoms with van der Waals surface area (Å²) in [6.07, 6.45) is 4.46. The maximum Gasteiger partial charge on any atom is 0.345 e. The lowest BCUT2D eigenvalue weighted by Gasteiger charge is -2.16. The minimum atomic E-state index is 0.0246. The number of benzene rings is 1. The molecule has 3 heterocycles. The number of aryl methyl sites for hydroxylation is 1. The number of rotatable bonds is 6. The molecule has 1 amide bonds. The third-order valence-corrected chi connectivity index (χ3v) is 5.50. The van der Waals surface area contributed by atoms with Crippen LogP contribution in [0.5, 0.6) is 0 Å². The monoisotopic (exact) mass is 369 g/mol. The summed E-state index contributed by atoms with van der Waals surface area (Å²) in [5.41, 5.74) is 1.06. The second-order valence-electron chi connectivity index (χ2n) is 7.55. The molecule has 27 heavy (non-hydrogen) atoms. The lowest BCUT2D eigenvalue weighted by molar-refractivity contribution is -0.121. The summed E-state index contributed by atoms with van der Waals surface area (Å²) in [5.74, 6) is 1.00. The lowest BCUT2D eigenvalue weighted by Crippen LogP contribution is -2.38. The van der Waals surface area contributed by atoms with E-state index in [0.717, 1.165) is 63.3 Å². The molecule has 2 aromatic rings. The van der Waals surface area contributed by atoms with Crippen molar-refractivity contribution in [2.45, 2.75) is 51.2 Å². The zero-order valence-electron chi connectivity index (χ0n) is 15.6. The van der Waals surface area contributed by atoms with Crippen LogP contribution in [0.2, 0.25) is 0 Å². The summed E-state index contributed by atoms with van der Waals surface area (Å²) in [5, 5.41) is 7.63. The van der Waals surface area contributed by atoms with Crippen LogP contribution in [0.1, 0.15) is 30.7 Å². The van der Waals surface area contributed by atoms with Crippen LogP contribution in [0.25, 0.3) is 0 Å². The molecule has 7 nitrogen and oxygen atoms in total. The molecular formula is C20H27N5O2. The first-order valence-corrected chi connectivity index (χ1v) is 9.91. The van der Waals surface area contributed by atoms with E-state index in [1.165, 1.54) is 0 Å². The van der Waals surface area contributed by atoms with Gasteiger partial charge in [-0.25, -0.2) is 9.48 Å². The minimum Gasteiger partial charge on any atom is -0.352 e. The third kappa shape index (κ3) is 4.30. The van der Waals surface area contributed by atoms with Crippen LogP contribution in [0.15, 0.2) is 35.1 Å². The Morgan fingerprint density at radius 3 is 2.81 bits per heavy atom. The molecule has 144 valence electrons. The Bertz CT molecular complexity index is 842. The van der Waals surface area contributed by atoms with Crippen LogP contribution >= 0.6 is 0 Å². The predicted octanol–water partition coefficient (Wildman–Crippen LogP) is 0.814. The fourth-order valence-corrected chi connectivity index (χ4v) is 4.04. The summed E-state index contributed by atoms with van der Waals surface area (Å²) in [6, 6.07) is 10.0. The third-order valence-electron chi connectivity index (χ3n) is 5.50. The van der Waals surface area contributed by atoms with Crippen molar-refractivity contribution in [3.8, 4) is 0 Å². The number of fused-ring (bicyclic) bond motifs is 1. The smallest absolute Gasteiger partial charge is 0.345 e. The van der Waals surface area contributed by atoms with Gasteiger partial charge in [0, 0.05) is 38.6 Å². The average Bonchev–Trinajstić information content (AvgIpc) is 3.25. The SMILES string of the molecule is O=C(Cc1ccccc1)NC1CCN(CCn2nc3n(c2=O)CCCC3)C1. The molecule has 7 heteroatoms. The van der Waals surface area contributed by atoms with Crippen molar-refractivity contribution in [3.63, 3.8) is 0 Å². The Morgan fingerprint density at radius 1 is 1.15 bits per heavy atom. The van der Waals surface area contributed by atoms with E-state index in [2.05, 4.69) is 15.3 Å². The van der Waals surface area contributed by atoms with Gasteiger partial charge >= 0.3 is 5.69 Å². The van der Waals surface area contributed by atoms with E-state index < -0.39 is 0 Å². The van der Waals surface area contributed by atoms with Crippen LogP contribution in [-0.4, -0.2) is 50.8 Å². The molecule has 0 radical (unpaired) electrons. The largest absolute Gasteiger partial charge is 0.352 e. The Morgan fingerprint density at radius 2 is 2.00 bits per heavy atom. The van der Waals surface area contributed by atoms with Gasteiger partial charge in [0.1, 0.15) is 5.82 Å². The Kier molecular flexibility index (Phi) is 5.38. The number of carbonyl (C=O) groups is 1. The molecule has 0 aliphatic carbocycles. The van der Waals surface area contributed by atoms with Crippen molar-refractivity contribution >= 4 is 5.91 Å². The summed E-state index contributed by atoms with van der Waals surface area (Å²) < 4.78 is 3.43. The highest BCUT2D eigenvalue weighted by atomic mass is 16.2. The van der Waals surface area contributed by atoms with Crippen molar-refractivity contribution in [1.29, 1.82) is 0 Å². The highest BCUT2D eigenvalue weighted by molar-refractivity contribution is 5.78. The van der Waals surface area contributed by atoms with Crippen LogP contribution in [0, 0.1) is 0 Å². The predicted molar refractivity (Wildman–Crippen MR) is 103 cm³/mol. The van der Waals surface area contributed by atoms with Crippen molar-refractivity contribution in [1.82, 2.24) is 24.6 Å². The van der Waals surface area contributed by atoms with Crippen LogP contribution in [0.4, 0.5) is 0 Å². The fraction of sp³-hybridized carbons (Fsp3) is 0.550. The quantitative estimate of drug-likeness (QED) is 0.818. The fourth-order valence-electron chi connectivity index (χ4n) is 4.04. The number of carbonyl (C=O) groups excluding carboxylic acids is 1. The second-order valence-corrected chi connectivity index (χ2v) is 7.55. The maximum atomic E-state index is 12.4. The van der Waals surface area contributed by atoms with Crippen molar-refractivity contribution in [2.75, 3.05) is 19.6 Å². The van der Waals surface area contributed by atoms with Gasteiger partial charge in [0.2, 0.25) is 5.91 Å². The van der Waals surface area contributed by atoms with E-state index in [0.29, 0.717) is 13.0 Å². The zero-order chi connectivity index (χ0) is 18.6. The zero-order valence-corrected chi connectivity index (χ0v) is 15.6. The van der Waals surface area contributed by atoms with Crippen LogP contribution in [0.3, 0.4) is 0 Å². The number of hydrogen-bond acceptors (Lipinski definition) is 4. The van der Waals surface area contributed by atoms with Gasteiger partial charge in [0.15, 0.2) is 0 Å². The summed E-state index contributed by atoms with van der Waals surface area (Å²) in [7, 11) is 0. The topological polar surface area (TPSA) is 72.2 Å². The molecule has 0 spiro atoms. The molecule has 1 atom stereocenters. The first kappa shape index (κ1) is 18.0. The van der Waals surface area contributed by atoms with Crippen molar-refractivity contribution < 1.29 is 4.79 Å². The van der Waals surface area contributed by atoms with E-state index in [4.69, 9.17) is 0 Å². The minimum absolute atomic E-state index is 0.0246. The number of amides is 1. The Balaban J connectivity index is 1.25. The summed E-state index contributed by atoms with van der Waals surface area (Å²) in [6.45, 7) is 3.99. The summed E-state index contributed by atoms with van der Waals surface area (Å²) >= 11 is 0.